The molecule has 0 bridgehead atoms. The van der Waals surface area contributed by atoms with E-state index >= 15 is 0 Å². The maximum absolute atomic E-state index is 13.4. The number of amides is 1. The fourth-order valence-electron chi connectivity index (χ4n) is 5.60. The molecule has 10 heteroatoms. The highest BCUT2D eigenvalue weighted by molar-refractivity contribution is 7.15. The van der Waals surface area contributed by atoms with Gasteiger partial charge < -0.3 is 23.9 Å². The fourth-order valence-corrected chi connectivity index (χ4v) is 6.89. The second kappa shape index (κ2) is 11.5. The van der Waals surface area contributed by atoms with Crippen molar-refractivity contribution in [2.75, 3.05) is 26.9 Å². The second-order valence-electron chi connectivity index (χ2n) is 11.6. The summed E-state index contributed by atoms with van der Waals surface area (Å²) in [5.74, 6) is -0.0392. The summed E-state index contributed by atoms with van der Waals surface area (Å²) in [7, 11) is 1.60. The van der Waals surface area contributed by atoms with Gasteiger partial charge in [0.2, 0.25) is 5.43 Å². The molecule has 2 heterocycles. The number of esters is 1. The highest BCUT2D eigenvalue weighted by Crippen LogP contribution is 2.47. The van der Waals surface area contributed by atoms with Gasteiger partial charge >= 0.3 is 12.1 Å². The van der Waals surface area contributed by atoms with Crippen molar-refractivity contribution in [1.29, 1.82) is 0 Å². The third-order valence-electron chi connectivity index (χ3n) is 7.48. The van der Waals surface area contributed by atoms with Crippen LogP contribution in [0.1, 0.15) is 86.3 Å². The molecule has 0 aliphatic heterocycles. The number of hydrogen-bond donors (Lipinski definition) is 1. The molecule has 220 valence electrons. The van der Waals surface area contributed by atoms with E-state index in [1.54, 1.807) is 42.5 Å². The van der Waals surface area contributed by atoms with Crippen molar-refractivity contribution in [2.45, 2.75) is 77.5 Å². The maximum atomic E-state index is 13.4. The number of aliphatic hydroxyl groups is 1. The molecule has 1 atom stereocenters. The molecule has 0 radical (unpaired) electrons. The van der Waals surface area contributed by atoms with Gasteiger partial charge in [0.25, 0.3) is 0 Å². The Hall–Kier alpha value is -3.37. The van der Waals surface area contributed by atoms with Gasteiger partial charge in [0.1, 0.15) is 11.2 Å². The summed E-state index contributed by atoms with van der Waals surface area (Å²) in [5.41, 5.74) is 1.58. The second-order valence-corrected chi connectivity index (χ2v) is 12.7. The molecule has 1 unspecified atom stereocenters. The van der Waals surface area contributed by atoms with E-state index in [2.05, 4.69) is 6.07 Å². The van der Waals surface area contributed by atoms with Crippen molar-refractivity contribution < 1.29 is 28.9 Å². The smallest absolute Gasteiger partial charge is 0.410 e. The average Bonchev–Trinajstić information content (AvgIpc) is 3.67. The predicted molar refractivity (Wildman–Crippen MR) is 158 cm³/mol. The highest BCUT2D eigenvalue weighted by atomic mass is 32.1. The van der Waals surface area contributed by atoms with Gasteiger partial charge in [-0.2, -0.15) is 0 Å². The Bertz CT molecular complexity index is 1530. The largest absolute Gasteiger partial charge is 0.494 e. The minimum atomic E-state index is -0.648. The molecule has 2 aliphatic carbocycles. The van der Waals surface area contributed by atoms with Gasteiger partial charge in [-0.1, -0.05) is 0 Å². The van der Waals surface area contributed by atoms with E-state index in [0.717, 1.165) is 48.1 Å². The maximum Gasteiger partial charge on any atom is 0.410 e. The number of pyridine rings is 1. The minimum absolute atomic E-state index is 0.0293. The lowest BCUT2D eigenvalue weighted by atomic mass is 9.92. The number of nitrogens with zero attached hydrogens (tertiary/aromatic N) is 2. The first-order valence-electron chi connectivity index (χ1n) is 14.2. The number of methoxy groups -OCH3 is 1. The Morgan fingerprint density at radius 1 is 1.20 bits per heavy atom. The molecule has 0 saturated heterocycles. The Morgan fingerprint density at radius 3 is 2.59 bits per heavy atom. The van der Waals surface area contributed by atoms with Gasteiger partial charge in [0, 0.05) is 34.1 Å². The fraction of sp³-hybridized carbons (Fsp3) is 0.516. The molecule has 0 spiro atoms. The first-order valence-corrected chi connectivity index (χ1v) is 15.1. The summed E-state index contributed by atoms with van der Waals surface area (Å²) in [6.45, 7) is 7.43. The number of aryl methyl sites for hydroxylation is 1. The summed E-state index contributed by atoms with van der Waals surface area (Å²) < 4.78 is 18.8. The van der Waals surface area contributed by atoms with Crippen LogP contribution in [-0.4, -0.2) is 59.1 Å². The molecule has 1 saturated carbocycles. The Morgan fingerprint density at radius 2 is 1.95 bits per heavy atom. The number of aliphatic hydroxyl groups excluding tert-OH is 1. The predicted octanol–water partition coefficient (Wildman–Crippen LogP) is 5.86. The molecule has 1 N–H and O–H groups in total. The van der Waals surface area contributed by atoms with Gasteiger partial charge in [-0.25, -0.2) is 9.59 Å². The lowest BCUT2D eigenvalue weighted by Gasteiger charge is -2.35. The molecule has 3 aromatic rings. The zero-order valence-corrected chi connectivity index (χ0v) is 25.1. The number of carbonyl (C=O) groups is 2. The summed E-state index contributed by atoms with van der Waals surface area (Å²) in [6.07, 6.45) is 5.66. The molecule has 9 nitrogen and oxygen atoms in total. The van der Waals surface area contributed by atoms with E-state index in [9.17, 15) is 19.5 Å². The van der Waals surface area contributed by atoms with Gasteiger partial charge in [-0.05, 0) is 83.6 Å². The number of carbonyl (C=O) groups excluding carboxylic acids is 2. The first kappa shape index (κ1) is 29.1. The van der Waals surface area contributed by atoms with Crippen LogP contribution in [0.3, 0.4) is 0 Å². The van der Waals surface area contributed by atoms with E-state index in [4.69, 9.17) is 14.2 Å². The molecule has 1 aromatic carbocycles. The van der Waals surface area contributed by atoms with Crippen molar-refractivity contribution in [3.05, 3.63) is 50.6 Å². The van der Waals surface area contributed by atoms with Crippen LogP contribution in [0.4, 0.5) is 4.79 Å². The van der Waals surface area contributed by atoms with Crippen molar-refractivity contribution in [2.24, 2.45) is 0 Å². The molecule has 5 rings (SSSR count). The molecule has 2 aliphatic rings. The molecule has 1 fully saturated rings. The summed E-state index contributed by atoms with van der Waals surface area (Å²) in [5, 5.41) is 10.2. The van der Waals surface area contributed by atoms with Gasteiger partial charge in [-0.15, -0.1) is 11.3 Å². The number of thiophene rings is 1. The zero-order chi connectivity index (χ0) is 29.5. The van der Waals surface area contributed by atoms with Crippen LogP contribution in [0.25, 0.3) is 21.3 Å². The van der Waals surface area contributed by atoms with Gasteiger partial charge in [0.05, 0.1) is 37.3 Å². The van der Waals surface area contributed by atoms with Crippen molar-refractivity contribution >= 4 is 34.3 Å². The van der Waals surface area contributed by atoms with Crippen molar-refractivity contribution in [1.82, 2.24) is 9.47 Å². The summed E-state index contributed by atoms with van der Waals surface area (Å²) >= 11 is 1.66. The molecule has 2 aromatic heterocycles. The van der Waals surface area contributed by atoms with Crippen LogP contribution in [0, 0.1) is 0 Å². The molecular formula is C31H38N2O7S. The normalized spacial score (nSPS) is 16.8. The Labute approximate surface area is 243 Å². The van der Waals surface area contributed by atoms with Crippen LogP contribution < -0.4 is 10.2 Å². The van der Waals surface area contributed by atoms with E-state index in [-0.39, 0.29) is 42.8 Å². The summed E-state index contributed by atoms with van der Waals surface area (Å²) in [4.78, 5) is 43.0. The number of rotatable bonds is 8. The Kier molecular flexibility index (Phi) is 8.16. The van der Waals surface area contributed by atoms with Crippen molar-refractivity contribution in [3.8, 4) is 16.2 Å². The number of ether oxygens (including phenoxy) is 3. The molecule has 41 heavy (non-hydrogen) atoms. The van der Waals surface area contributed by atoms with Crippen LogP contribution in [-0.2, 0) is 15.9 Å². The van der Waals surface area contributed by atoms with Crippen LogP contribution in [0.5, 0.6) is 5.75 Å². The number of benzene rings is 1. The minimum Gasteiger partial charge on any atom is -0.494 e. The van der Waals surface area contributed by atoms with E-state index < -0.39 is 17.7 Å². The van der Waals surface area contributed by atoms with Crippen LogP contribution >= 0.6 is 11.3 Å². The SMILES string of the molecule is CCOC(=O)c1cn(C2CC2)c2c(OC)c(-c3cc4c(s3)CCCC4N(CCO)C(=O)OC(C)(C)C)ccc2c1=O. The van der Waals surface area contributed by atoms with Crippen molar-refractivity contribution in [3.63, 3.8) is 0 Å². The third kappa shape index (κ3) is 5.72. The van der Waals surface area contributed by atoms with E-state index in [0.29, 0.717) is 16.7 Å². The van der Waals surface area contributed by atoms with E-state index in [1.165, 1.54) is 4.88 Å². The average molecular weight is 583 g/mol. The third-order valence-corrected chi connectivity index (χ3v) is 8.72. The monoisotopic (exact) mass is 582 g/mol. The highest BCUT2D eigenvalue weighted by Gasteiger charge is 2.34. The zero-order valence-electron chi connectivity index (χ0n) is 24.3. The first-order chi connectivity index (χ1) is 19.6. The van der Waals surface area contributed by atoms with Crippen LogP contribution in [0.15, 0.2) is 29.2 Å². The van der Waals surface area contributed by atoms with Gasteiger partial charge in [0.15, 0.2) is 5.75 Å². The topological polar surface area (TPSA) is 107 Å². The van der Waals surface area contributed by atoms with E-state index in [1.807, 2.05) is 31.4 Å². The number of aromatic nitrogens is 1. The lowest BCUT2D eigenvalue weighted by Crippen LogP contribution is -2.41. The quantitative estimate of drug-likeness (QED) is 0.332. The number of hydrogen-bond acceptors (Lipinski definition) is 8. The Balaban J connectivity index is 1.61. The molecular weight excluding hydrogens is 544 g/mol. The van der Waals surface area contributed by atoms with Crippen LogP contribution in [0.2, 0.25) is 0 Å². The molecule has 1 amide bonds. The summed E-state index contributed by atoms with van der Waals surface area (Å²) in [6, 6.07) is 5.72. The standard InChI is InChI=1S/C31H38N2O7S/c1-6-39-29(36)22-17-33(18-10-11-18)26-20(27(22)35)13-12-19(28(26)38-5)25-16-21-23(8-7-9-24(21)41-25)32(14-15-34)30(37)40-31(2,3)4/h12-13,16-18,23,34H,6-11,14-15H2,1-5H3. The number of fused-ring (bicyclic) bond motifs is 2. The van der Waals surface area contributed by atoms with Gasteiger partial charge in [-0.3, -0.25) is 9.69 Å². The lowest BCUT2D eigenvalue weighted by molar-refractivity contribution is 0.0102.